The van der Waals surface area contributed by atoms with E-state index in [0.717, 1.165) is 0 Å². The lowest BCUT2D eigenvalue weighted by Crippen LogP contribution is -2.57. The molecule has 0 aromatic carbocycles. The van der Waals surface area contributed by atoms with Gasteiger partial charge in [0.05, 0.1) is 0 Å². The Balaban J connectivity index is 3.50. The van der Waals surface area contributed by atoms with Gasteiger partial charge in [-0.2, -0.15) is 0 Å². The monoisotopic (exact) mass is 337 g/mol. The topological polar surface area (TPSA) is 18.8 Å². The molecule has 1 fully saturated rings. The van der Waals surface area contributed by atoms with E-state index in [4.69, 9.17) is 15.7 Å². The summed E-state index contributed by atoms with van der Waals surface area (Å²) < 4.78 is 9.96. The Hall–Kier alpha value is 0.657. The fourth-order valence-corrected chi connectivity index (χ4v) is 12.7. The van der Waals surface area contributed by atoms with Crippen LogP contribution in [0.2, 0.25) is 19.6 Å². The maximum Gasteiger partial charge on any atom is 0.178 e. The first-order valence-corrected chi connectivity index (χ1v) is 13.5. The normalized spacial score (nSPS) is 26.4. The minimum Gasteiger partial charge on any atom is -0.300 e. The van der Waals surface area contributed by atoms with E-state index >= 15 is 0 Å². The maximum atomic E-state index is 7.24. The Labute approximate surface area is 132 Å². The van der Waals surface area contributed by atoms with Gasteiger partial charge in [-0.1, -0.05) is 0 Å². The third-order valence-electron chi connectivity index (χ3n) is 3.91. The molecule has 1 aliphatic heterocycles. The quantitative estimate of drug-likeness (QED) is 0.492. The zero-order chi connectivity index (χ0) is 16.0. The van der Waals surface area contributed by atoms with Crippen LogP contribution in [0.15, 0.2) is 4.41 Å². The van der Waals surface area contributed by atoms with Crippen molar-refractivity contribution in [2.24, 2.45) is 4.41 Å². The van der Waals surface area contributed by atoms with Gasteiger partial charge in [0, 0.05) is 11.1 Å². The molecule has 1 saturated heterocycles. The van der Waals surface area contributed by atoms with Crippen molar-refractivity contribution < 1.29 is 0 Å². The summed E-state index contributed by atoms with van der Waals surface area (Å²) in [4.78, 5) is 0. The van der Waals surface area contributed by atoms with Gasteiger partial charge >= 0.3 is 0 Å². The van der Waals surface area contributed by atoms with E-state index in [1.165, 1.54) is 19.3 Å². The second-order valence-electron chi connectivity index (χ2n) is 8.40. The van der Waals surface area contributed by atoms with Gasteiger partial charge in [-0.15, -0.1) is 0 Å². The van der Waals surface area contributed by atoms with Crippen LogP contribution >= 0.6 is 17.9 Å². The molecule has 0 bridgehead atoms. The first kappa shape index (κ1) is 18.7. The average Bonchev–Trinajstić information content (AvgIpc) is 2.10. The number of nitrogens with zero attached hydrogens (tertiary/aromatic N) is 3. The standard InChI is InChI=1S/C14H33ClN3PSi/c1-13(2)11-10-12-14(3,4)18(13)19(15,17(5)6)16-20(7,8)9/h10-12H2,1-9H3. The van der Waals surface area contributed by atoms with Gasteiger partial charge in [-0.3, -0.25) is 9.08 Å². The third-order valence-corrected chi connectivity index (χ3v) is 12.0. The van der Waals surface area contributed by atoms with Crippen molar-refractivity contribution in [2.75, 3.05) is 14.1 Å². The molecular weight excluding hydrogens is 305 g/mol. The molecule has 1 unspecified atom stereocenters. The van der Waals surface area contributed by atoms with Crippen molar-refractivity contribution in [1.29, 1.82) is 0 Å². The molecule has 0 saturated carbocycles. The minimum atomic E-state index is -2.16. The molecule has 6 heteroatoms. The van der Waals surface area contributed by atoms with E-state index in [1.807, 2.05) is 0 Å². The molecule has 0 aromatic heterocycles. The molecule has 1 heterocycles. The van der Waals surface area contributed by atoms with Crippen molar-refractivity contribution in [3.63, 3.8) is 0 Å². The average molecular weight is 338 g/mol. The highest BCUT2D eigenvalue weighted by Crippen LogP contribution is 2.68. The van der Waals surface area contributed by atoms with Crippen LogP contribution in [-0.4, -0.2) is 42.7 Å². The van der Waals surface area contributed by atoms with Crippen LogP contribution in [0.3, 0.4) is 0 Å². The largest absolute Gasteiger partial charge is 0.300 e. The fourth-order valence-electron chi connectivity index (χ4n) is 3.37. The third kappa shape index (κ3) is 3.89. The predicted molar refractivity (Wildman–Crippen MR) is 96.1 cm³/mol. The summed E-state index contributed by atoms with van der Waals surface area (Å²) in [6.45, 7) is 14.0. The highest BCUT2D eigenvalue weighted by Gasteiger charge is 2.49. The smallest absolute Gasteiger partial charge is 0.178 e. The van der Waals surface area contributed by atoms with Crippen molar-refractivity contribution in [3.05, 3.63) is 0 Å². The molecular formula is C14H33ClN3PSi. The molecule has 0 N–H and O–H groups in total. The van der Waals surface area contributed by atoms with Gasteiger partial charge in [0.25, 0.3) is 0 Å². The van der Waals surface area contributed by atoms with E-state index in [-0.39, 0.29) is 11.1 Å². The molecule has 120 valence electrons. The SMILES string of the molecule is CN(C)P(Cl)(=N[Si](C)(C)C)N1C(C)(C)CCCC1(C)C. The number of hydrogen-bond donors (Lipinski definition) is 0. The predicted octanol–water partition coefficient (Wildman–Crippen LogP) is 5.61. The molecule has 0 radical (unpaired) electrons. The van der Waals surface area contributed by atoms with Gasteiger partial charge in [-0.25, -0.2) is 4.67 Å². The molecule has 20 heavy (non-hydrogen) atoms. The Morgan fingerprint density at radius 3 is 1.75 bits per heavy atom. The van der Waals surface area contributed by atoms with Crippen LogP contribution in [0.1, 0.15) is 47.0 Å². The molecule has 0 aromatic rings. The Bertz CT molecular complexity index is 397. The first-order chi connectivity index (χ1) is 8.72. The van der Waals surface area contributed by atoms with E-state index < -0.39 is 14.9 Å². The summed E-state index contributed by atoms with van der Waals surface area (Å²) in [6.07, 6.45) is 3.66. The van der Waals surface area contributed by atoms with Gasteiger partial charge in [0.1, 0.15) is 0 Å². The summed E-state index contributed by atoms with van der Waals surface area (Å²) in [6, 6.07) is 0. The fraction of sp³-hybridized carbons (Fsp3) is 1.00. The van der Waals surface area contributed by atoms with Crippen molar-refractivity contribution in [3.8, 4) is 0 Å². The summed E-state index contributed by atoms with van der Waals surface area (Å²) in [5, 5.41) is 0. The zero-order valence-electron chi connectivity index (χ0n) is 14.8. The van der Waals surface area contributed by atoms with E-state index in [9.17, 15) is 0 Å². The van der Waals surface area contributed by atoms with Crippen LogP contribution in [0.5, 0.6) is 0 Å². The van der Waals surface area contributed by atoms with Crippen LogP contribution < -0.4 is 0 Å². The summed E-state index contributed by atoms with van der Waals surface area (Å²) in [5.74, 6) is 0. The number of halogens is 1. The number of rotatable bonds is 3. The molecule has 3 nitrogen and oxygen atoms in total. The van der Waals surface area contributed by atoms with Crippen LogP contribution in [0.4, 0.5) is 0 Å². The second-order valence-corrected chi connectivity index (χ2v) is 17.1. The lowest BCUT2D eigenvalue weighted by atomic mass is 9.83. The molecule has 1 rings (SSSR count). The van der Waals surface area contributed by atoms with Gasteiger partial charge in [0.15, 0.2) is 14.9 Å². The highest BCUT2D eigenvalue weighted by atomic mass is 35.7. The van der Waals surface area contributed by atoms with E-state index in [1.54, 1.807) is 0 Å². The van der Waals surface area contributed by atoms with Gasteiger partial charge < -0.3 is 0 Å². The first-order valence-electron chi connectivity index (χ1n) is 7.54. The lowest BCUT2D eigenvalue weighted by Gasteiger charge is -2.57. The Morgan fingerprint density at radius 2 is 1.45 bits per heavy atom. The molecule has 0 amide bonds. The Kier molecular flexibility index (Phi) is 5.33. The summed E-state index contributed by atoms with van der Waals surface area (Å²) >= 11 is 7.24. The van der Waals surface area contributed by atoms with Crippen molar-refractivity contribution in [2.45, 2.75) is 77.7 Å². The Morgan fingerprint density at radius 1 is 1.05 bits per heavy atom. The molecule has 0 aliphatic carbocycles. The van der Waals surface area contributed by atoms with Crippen molar-refractivity contribution in [1.82, 2.24) is 9.34 Å². The van der Waals surface area contributed by atoms with Crippen LogP contribution in [0, 0.1) is 0 Å². The zero-order valence-corrected chi connectivity index (χ0v) is 17.4. The summed E-state index contributed by atoms with van der Waals surface area (Å²) in [5.41, 5.74) is 0.204. The number of piperidine rings is 1. The van der Waals surface area contributed by atoms with E-state index in [2.05, 4.69) is 70.8 Å². The van der Waals surface area contributed by atoms with Crippen molar-refractivity contribution >= 4 is 26.2 Å². The second kappa shape index (κ2) is 5.70. The minimum absolute atomic E-state index is 0.102. The molecule has 1 aliphatic rings. The van der Waals surface area contributed by atoms with Gasteiger partial charge in [-0.05, 0) is 91.9 Å². The van der Waals surface area contributed by atoms with Crippen LogP contribution in [0.25, 0.3) is 0 Å². The maximum absolute atomic E-state index is 7.24. The molecule has 1 atom stereocenters. The lowest BCUT2D eigenvalue weighted by molar-refractivity contribution is 0.0559. The van der Waals surface area contributed by atoms with E-state index in [0.29, 0.717) is 0 Å². The van der Waals surface area contributed by atoms with Gasteiger partial charge in [0.2, 0.25) is 0 Å². The highest BCUT2D eigenvalue weighted by molar-refractivity contribution is 7.88. The number of hydrogen-bond acceptors (Lipinski definition) is 1. The summed E-state index contributed by atoms with van der Waals surface area (Å²) in [7, 11) is 2.57. The molecule has 0 spiro atoms. The van der Waals surface area contributed by atoms with Crippen LogP contribution in [-0.2, 0) is 0 Å².